The lowest BCUT2D eigenvalue weighted by Crippen LogP contribution is -2.50. The molecule has 0 amide bonds. The molecule has 0 radical (unpaired) electrons. The molecule has 3 fully saturated rings. The monoisotopic (exact) mass is 266 g/mol. The van der Waals surface area contributed by atoms with Crippen molar-refractivity contribution < 1.29 is 9.90 Å². The predicted molar refractivity (Wildman–Crippen MR) is 74.1 cm³/mol. The van der Waals surface area contributed by atoms with Gasteiger partial charge in [0.25, 0.3) is 0 Å². The van der Waals surface area contributed by atoms with Gasteiger partial charge in [-0.25, -0.2) is 0 Å². The molecular weight excluding hydrogens is 240 g/mol. The Balaban J connectivity index is 1.68. The normalized spacial score (nSPS) is 37.6. The maximum atomic E-state index is 11.7. The summed E-state index contributed by atoms with van der Waals surface area (Å²) in [6.07, 6.45) is 5.92. The number of hydrogen-bond acceptors (Lipinski definition) is 3. The third-order valence-electron chi connectivity index (χ3n) is 5.65. The largest absolute Gasteiger partial charge is 0.480 e. The van der Waals surface area contributed by atoms with Gasteiger partial charge in [-0.3, -0.25) is 9.69 Å². The van der Waals surface area contributed by atoms with Crippen molar-refractivity contribution in [3.63, 3.8) is 0 Å². The van der Waals surface area contributed by atoms with Crippen molar-refractivity contribution in [1.82, 2.24) is 9.80 Å². The molecule has 3 rings (SSSR count). The van der Waals surface area contributed by atoms with E-state index in [4.69, 9.17) is 0 Å². The van der Waals surface area contributed by atoms with Crippen molar-refractivity contribution in [3.05, 3.63) is 0 Å². The number of likely N-dealkylation sites (tertiary alicyclic amines) is 2. The molecule has 19 heavy (non-hydrogen) atoms. The second kappa shape index (κ2) is 5.41. The second-order valence-corrected chi connectivity index (χ2v) is 6.50. The molecule has 4 nitrogen and oxygen atoms in total. The zero-order chi connectivity index (χ0) is 13.4. The number of aliphatic carboxylic acids is 1. The highest BCUT2D eigenvalue weighted by molar-refractivity contribution is 5.74. The lowest BCUT2D eigenvalue weighted by molar-refractivity contribution is -0.144. The highest BCUT2D eigenvalue weighted by Gasteiger charge is 2.49. The molecule has 108 valence electrons. The van der Waals surface area contributed by atoms with Gasteiger partial charge in [-0.1, -0.05) is 13.3 Å². The van der Waals surface area contributed by atoms with E-state index in [-0.39, 0.29) is 6.04 Å². The number of carboxylic acids is 1. The van der Waals surface area contributed by atoms with Crippen LogP contribution in [0.1, 0.15) is 39.0 Å². The number of hydrogen-bond donors (Lipinski definition) is 1. The van der Waals surface area contributed by atoms with Crippen molar-refractivity contribution in [2.24, 2.45) is 11.8 Å². The molecule has 2 heterocycles. The Bertz CT molecular complexity index is 339. The third-order valence-corrected chi connectivity index (χ3v) is 5.65. The van der Waals surface area contributed by atoms with E-state index < -0.39 is 5.97 Å². The van der Waals surface area contributed by atoms with Gasteiger partial charge in [-0.2, -0.15) is 0 Å². The van der Waals surface area contributed by atoms with E-state index in [1.54, 1.807) is 0 Å². The fourth-order valence-corrected chi connectivity index (χ4v) is 4.61. The number of nitrogens with zero attached hydrogens (tertiary/aromatic N) is 2. The summed E-state index contributed by atoms with van der Waals surface area (Å²) in [4.78, 5) is 16.5. The first-order valence-corrected chi connectivity index (χ1v) is 7.91. The summed E-state index contributed by atoms with van der Waals surface area (Å²) in [6.45, 7) is 6.65. The SMILES string of the molecule is CCN1CCC(N2CC3CCCC3C2C(=O)O)CC1. The van der Waals surface area contributed by atoms with Gasteiger partial charge < -0.3 is 10.0 Å². The summed E-state index contributed by atoms with van der Waals surface area (Å²) in [5.74, 6) is 0.513. The maximum absolute atomic E-state index is 11.7. The molecule has 3 aliphatic rings. The molecular formula is C15H26N2O2. The minimum atomic E-state index is -0.577. The Hall–Kier alpha value is -0.610. The summed E-state index contributed by atoms with van der Waals surface area (Å²) >= 11 is 0. The van der Waals surface area contributed by atoms with Gasteiger partial charge in [-0.05, 0) is 57.2 Å². The number of fused-ring (bicyclic) bond motifs is 1. The van der Waals surface area contributed by atoms with Gasteiger partial charge >= 0.3 is 5.97 Å². The molecule has 3 atom stereocenters. The van der Waals surface area contributed by atoms with Crippen LogP contribution in [0.4, 0.5) is 0 Å². The van der Waals surface area contributed by atoms with Crippen molar-refractivity contribution in [2.45, 2.75) is 51.1 Å². The number of rotatable bonds is 3. The molecule has 1 N–H and O–H groups in total. The van der Waals surface area contributed by atoms with Crippen LogP contribution >= 0.6 is 0 Å². The van der Waals surface area contributed by atoms with Crippen LogP contribution < -0.4 is 0 Å². The highest BCUT2D eigenvalue weighted by atomic mass is 16.4. The molecule has 4 heteroatoms. The van der Waals surface area contributed by atoms with E-state index in [2.05, 4.69) is 16.7 Å². The lowest BCUT2D eigenvalue weighted by Gasteiger charge is -2.38. The van der Waals surface area contributed by atoms with E-state index in [0.717, 1.165) is 45.4 Å². The summed E-state index contributed by atoms with van der Waals surface area (Å²) < 4.78 is 0. The average Bonchev–Trinajstić information content (AvgIpc) is 2.98. The van der Waals surface area contributed by atoms with Gasteiger partial charge in [0.05, 0.1) is 0 Å². The Morgan fingerprint density at radius 1 is 1.21 bits per heavy atom. The zero-order valence-electron chi connectivity index (χ0n) is 11.9. The zero-order valence-corrected chi connectivity index (χ0v) is 11.9. The Morgan fingerprint density at radius 3 is 2.58 bits per heavy atom. The fourth-order valence-electron chi connectivity index (χ4n) is 4.61. The van der Waals surface area contributed by atoms with Crippen LogP contribution in [-0.4, -0.2) is 59.1 Å². The van der Waals surface area contributed by atoms with E-state index in [0.29, 0.717) is 17.9 Å². The highest BCUT2D eigenvalue weighted by Crippen LogP contribution is 2.44. The number of piperidine rings is 1. The lowest BCUT2D eigenvalue weighted by atomic mass is 9.93. The third kappa shape index (κ3) is 2.40. The van der Waals surface area contributed by atoms with Crippen molar-refractivity contribution in [3.8, 4) is 0 Å². The van der Waals surface area contributed by atoms with Crippen molar-refractivity contribution in [1.29, 1.82) is 0 Å². The van der Waals surface area contributed by atoms with Crippen molar-refractivity contribution >= 4 is 5.97 Å². The molecule has 0 bridgehead atoms. The van der Waals surface area contributed by atoms with E-state index in [1.807, 2.05) is 0 Å². The molecule has 0 aromatic carbocycles. The molecule has 3 unspecified atom stereocenters. The van der Waals surface area contributed by atoms with Crippen LogP contribution in [0.3, 0.4) is 0 Å². The minimum Gasteiger partial charge on any atom is -0.480 e. The maximum Gasteiger partial charge on any atom is 0.321 e. The summed E-state index contributed by atoms with van der Waals surface area (Å²) in [6, 6.07) is 0.320. The van der Waals surface area contributed by atoms with E-state index in [9.17, 15) is 9.90 Å². The summed E-state index contributed by atoms with van der Waals surface area (Å²) in [5, 5.41) is 9.61. The number of carbonyl (C=O) groups is 1. The summed E-state index contributed by atoms with van der Waals surface area (Å²) in [5.41, 5.74) is 0. The molecule has 1 aliphatic carbocycles. The molecule has 0 spiro atoms. The fraction of sp³-hybridized carbons (Fsp3) is 0.933. The first kappa shape index (κ1) is 13.4. The molecule has 1 saturated carbocycles. The van der Waals surface area contributed by atoms with Crippen LogP contribution in [0.15, 0.2) is 0 Å². The predicted octanol–water partition coefficient (Wildman–Crippen LogP) is 1.66. The second-order valence-electron chi connectivity index (χ2n) is 6.50. The molecule has 2 saturated heterocycles. The molecule has 0 aromatic rings. The first-order valence-electron chi connectivity index (χ1n) is 7.91. The van der Waals surface area contributed by atoms with Gasteiger partial charge in [-0.15, -0.1) is 0 Å². The molecule has 2 aliphatic heterocycles. The van der Waals surface area contributed by atoms with Gasteiger partial charge in [0.2, 0.25) is 0 Å². The van der Waals surface area contributed by atoms with Gasteiger partial charge in [0.15, 0.2) is 0 Å². The van der Waals surface area contributed by atoms with Gasteiger partial charge in [0.1, 0.15) is 6.04 Å². The van der Waals surface area contributed by atoms with Crippen LogP contribution in [0, 0.1) is 11.8 Å². The Kier molecular flexibility index (Phi) is 3.81. The van der Waals surface area contributed by atoms with E-state index >= 15 is 0 Å². The van der Waals surface area contributed by atoms with Crippen LogP contribution in [0.2, 0.25) is 0 Å². The Morgan fingerprint density at radius 2 is 1.95 bits per heavy atom. The first-order chi connectivity index (χ1) is 9.20. The smallest absolute Gasteiger partial charge is 0.321 e. The topological polar surface area (TPSA) is 43.8 Å². The number of carboxylic acid groups (broad SMARTS) is 1. The standard InChI is InChI=1S/C15H26N2O2/c1-2-16-8-6-12(7-9-16)17-10-11-4-3-5-13(11)14(17)15(18)19/h11-14H,2-10H2,1H3,(H,18,19). The summed E-state index contributed by atoms with van der Waals surface area (Å²) in [7, 11) is 0. The van der Waals surface area contributed by atoms with Crippen LogP contribution in [0.5, 0.6) is 0 Å². The quantitative estimate of drug-likeness (QED) is 0.843. The molecule has 0 aromatic heterocycles. The average molecular weight is 266 g/mol. The Labute approximate surface area is 115 Å². The van der Waals surface area contributed by atoms with Crippen LogP contribution in [-0.2, 0) is 4.79 Å². The van der Waals surface area contributed by atoms with E-state index in [1.165, 1.54) is 12.8 Å². The minimum absolute atomic E-state index is 0.189. The van der Waals surface area contributed by atoms with Crippen molar-refractivity contribution in [2.75, 3.05) is 26.2 Å². The van der Waals surface area contributed by atoms with Crippen LogP contribution in [0.25, 0.3) is 0 Å². The van der Waals surface area contributed by atoms with Gasteiger partial charge in [0, 0.05) is 12.6 Å².